The van der Waals surface area contributed by atoms with Crippen molar-refractivity contribution in [2.45, 2.75) is 0 Å². The highest BCUT2D eigenvalue weighted by molar-refractivity contribution is 5.83. The molecule has 0 spiro atoms. The van der Waals surface area contributed by atoms with Gasteiger partial charge in [0.2, 0.25) is 0 Å². The maximum atomic E-state index is 9.75. The summed E-state index contributed by atoms with van der Waals surface area (Å²) in [4.78, 5) is 0. The summed E-state index contributed by atoms with van der Waals surface area (Å²) < 4.78 is 0. The van der Waals surface area contributed by atoms with Gasteiger partial charge in [-0.1, -0.05) is 54.5 Å². The van der Waals surface area contributed by atoms with Crippen LogP contribution >= 0.6 is 0 Å². The maximum Gasteiger partial charge on any atom is 0.179 e. The summed E-state index contributed by atoms with van der Waals surface area (Å²) in [5, 5.41) is 19.5. The van der Waals surface area contributed by atoms with Crippen LogP contribution in [-0.4, -0.2) is 0 Å². The van der Waals surface area contributed by atoms with Crippen LogP contribution in [0.5, 0.6) is 0 Å². The van der Waals surface area contributed by atoms with E-state index >= 15 is 0 Å². The van der Waals surface area contributed by atoms with Gasteiger partial charge in [0.1, 0.15) is 0 Å². The molecule has 1 aromatic rings. The molecule has 0 heterocycles. The van der Waals surface area contributed by atoms with Gasteiger partial charge in [-0.3, -0.25) is 0 Å². The normalized spacial score (nSPS) is 20.7. The van der Waals surface area contributed by atoms with Crippen LogP contribution in [0.3, 0.4) is 0 Å². The molecule has 0 fully saturated rings. The number of nitriles is 2. The van der Waals surface area contributed by atoms with Gasteiger partial charge < -0.3 is 0 Å². The summed E-state index contributed by atoms with van der Waals surface area (Å²) in [6.07, 6.45) is 16.9. The fourth-order valence-electron chi connectivity index (χ4n) is 2.94. The molecule has 2 heteroatoms. The third-order valence-electron chi connectivity index (χ3n) is 4.09. The van der Waals surface area contributed by atoms with Crippen molar-refractivity contribution in [2.24, 2.45) is 11.3 Å². The molecule has 0 saturated heterocycles. The highest BCUT2D eigenvalue weighted by Gasteiger charge is 2.48. The third kappa shape index (κ3) is 1.89. The van der Waals surface area contributed by atoms with E-state index in [0.29, 0.717) is 0 Å². The Morgan fingerprint density at radius 1 is 1.00 bits per heavy atom. The van der Waals surface area contributed by atoms with Gasteiger partial charge in [0.15, 0.2) is 5.41 Å². The Morgan fingerprint density at radius 2 is 1.73 bits per heavy atom. The van der Waals surface area contributed by atoms with Crippen molar-refractivity contribution in [3.63, 3.8) is 0 Å². The minimum absolute atomic E-state index is 0.250. The lowest BCUT2D eigenvalue weighted by Crippen LogP contribution is -2.24. The molecule has 3 rings (SSSR count). The lowest BCUT2D eigenvalue weighted by Gasteiger charge is -2.23. The van der Waals surface area contributed by atoms with Crippen LogP contribution < -0.4 is 0 Å². The second kappa shape index (κ2) is 5.25. The number of fused-ring (bicyclic) bond motifs is 1. The quantitative estimate of drug-likeness (QED) is 0.735. The SMILES string of the molecule is C#Cc1ccc(C2=CC3=CC=CC=CC3C2(C#N)C#N)cc1. The third-order valence-corrected chi connectivity index (χ3v) is 4.09. The largest absolute Gasteiger partial charge is 0.196 e. The summed E-state index contributed by atoms with van der Waals surface area (Å²) in [5.74, 6) is 2.32. The molecule has 22 heavy (non-hydrogen) atoms. The topological polar surface area (TPSA) is 47.6 Å². The molecule has 2 aliphatic carbocycles. The van der Waals surface area contributed by atoms with E-state index in [1.807, 2.05) is 60.7 Å². The van der Waals surface area contributed by atoms with E-state index in [-0.39, 0.29) is 5.92 Å². The number of benzene rings is 1. The second-order valence-corrected chi connectivity index (χ2v) is 5.23. The number of allylic oxidation sites excluding steroid dienone is 8. The number of nitrogens with zero attached hydrogens (tertiary/aromatic N) is 2. The smallest absolute Gasteiger partial charge is 0.179 e. The molecule has 102 valence electrons. The van der Waals surface area contributed by atoms with Gasteiger partial charge in [0.05, 0.1) is 12.1 Å². The first-order chi connectivity index (χ1) is 10.7. The van der Waals surface area contributed by atoms with Gasteiger partial charge in [-0.05, 0) is 28.8 Å². The van der Waals surface area contributed by atoms with E-state index in [0.717, 1.165) is 22.3 Å². The zero-order chi connectivity index (χ0) is 15.6. The summed E-state index contributed by atoms with van der Waals surface area (Å²) in [5.41, 5.74) is 2.14. The van der Waals surface area contributed by atoms with Gasteiger partial charge in [0, 0.05) is 11.5 Å². The maximum absolute atomic E-state index is 9.75. The van der Waals surface area contributed by atoms with Crippen molar-refractivity contribution in [3.8, 4) is 24.5 Å². The molecule has 2 aliphatic rings. The first kappa shape index (κ1) is 13.7. The highest BCUT2D eigenvalue weighted by atomic mass is 14.5. The van der Waals surface area contributed by atoms with Crippen LogP contribution in [0.4, 0.5) is 0 Å². The predicted octanol–water partition coefficient (Wildman–Crippen LogP) is 3.77. The van der Waals surface area contributed by atoms with Crippen LogP contribution in [0.25, 0.3) is 5.57 Å². The number of hydrogen-bond acceptors (Lipinski definition) is 2. The molecular formula is C20H12N2. The van der Waals surface area contributed by atoms with Crippen molar-refractivity contribution in [1.82, 2.24) is 0 Å². The Hall–Kier alpha value is -3.28. The fourth-order valence-corrected chi connectivity index (χ4v) is 2.94. The standard InChI is InChI=1S/C20H12N2/c1-2-15-8-10-16(11-9-15)19-12-17-6-4-3-5-7-18(17)20(19,13-21)14-22/h1,3-12,18H. The van der Waals surface area contributed by atoms with Crippen LogP contribution in [-0.2, 0) is 0 Å². The lowest BCUT2D eigenvalue weighted by atomic mass is 9.73. The monoisotopic (exact) mass is 280 g/mol. The van der Waals surface area contributed by atoms with Gasteiger partial charge in [-0.25, -0.2) is 0 Å². The van der Waals surface area contributed by atoms with Crippen LogP contribution in [0, 0.1) is 46.3 Å². The highest BCUT2D eigenvalue weighted by Crippen LogP contribution is 2.51. The summed E-state index contributed by atoms with van der Waals surface area (Å²) in [6, 6.07) is 11.9. The number of rotatable bonds is 1. The number of hydrogen-bond donors (Lipinski definition) is 0. The molecule has 0 aliphatic heterocycles. The molecule has 0 saturated carbocycles. The summed E-state index contributed by atoms with van der Waals surface area (Å²) in [7, 11) is 0. The minimum Gasteiger partial charge on any atom is -0.196 e. The van der Waals surface area contributed by atoms with Crippen LogP contribution in [0.1, 0.15) is 11.1 Å². The molecule has 0 bridgehead atoms. The van der Waals surface area contributed by atoms with E-state index in [9.17, 15) is 10.5 Å². The minimum atomic E-state index is -1.20. The Balaban J connectivity index is 2.18. The first-order valence-corrected chi connectivity index (χ1v) is 6.92. The zero-order valence-corrected chi connectivity index (χ0v) is 11.8. The molecule has 1 aromatic carbocycles. The molecule has 1 atom stereocenters. The Morgan fingerprint density at radius 3 is 2.36 bits per heavy atom. The van der Waals surface area contributed by atoms with E-state index < -0.39 is 5.41 Å². The van der Waals surface area contributed by atoms with Crippen molar-refractivity contribution < 1.29 is 0 Å². The summed E-state index contributed by atoms with van der Waals surface area (Å²) in [6.45, 7) is 0. The van der Waals surface area contributed by atoms with Gasteiger partial charge in [-0.2, -0.15) is 10.5 Å². The molecule has 0 aromatic heterocycles. The lowest BCUT2D eigenvalue weighted by molar-refractivity contribution is 0.578. The molecule has 2 nitrogen and oxygen atoms in total. The zero-order valence-electron chi connectivity index (χ0n) is 11.8. The van der Waals surface area contributed by atoms with E-state index in [2.05, 4.69) is 18.1 Å². The molecule has 0 amide bonds. The van der Waals surface area contributed by atoms with Crippen LogP contribution in [0.15, 0.2) is 66.3 Å². The average Bonchev–Trinajstić information content (AvgIpc) is 2.71. The fraction of sp³-hybridized carbons (Fsp3) is 0.100. The van der Waals surface area contributed by atoms with Gasteiger partial charge in [0.25, 0.3) is 0 Å². The Bertz CT molecular complexity index is 842. The van der Waals surface area contributed by atoms with Crippen molar-refractivity contribution in [2.75, 3.05) is 0 Å². The second-order valence-electron chi connectivity index (χ2n) is 5.23. The van der Waals surface area contributed by atoms with Crippen molar-refractivity contribution in [3.05, 3.63) is 77.4 Å². The average molecular weight is 280 g/mol. The number of terminal acetylenes is 1. The molecule has 0 N–H and O–H groups in total. The molecule has 1 unspecified atom stereocenters. The van der Waals surface area contributed by atoms with Crippen molar-refractivity contribution in [1.29, 1.82) is 10.5 Å². The van der Waals surface area contributed by atoms with E-state index in [4.69, 9.17) is 6.42 Å². The Labute approximate surface area is 130 Å². The molecular weight excluding hydrogens is 268 g/mol. The molecule has 0 radical (unpaired) electrons. The summed E-state index contributed by atoms with van der Waals surface area (Å²) >= 11 is 0. The van der Waals surface area contributed by atoms with Crippen molar-refractivity contribution >= 4 is 5.57 Å². The first-order valence-electron chi connectivity index (χ1n) is 6.92. The van der Waals surface area contributed by atoms with Gasteiger partial charge in [-0.15, -0.1) is 6.42 Å². The predicted molar refractivity (Wildman–Crippen MR) is 85.9 cm³/mol. The van der Waals surface area contributed by atoms with E-state index in [1.165, 1.54) is 0 Å². The van der Waals surface area contributed by atoms with E-state index in [1.54, 1.807) is 0 Å². The van der Waals surface area contributed by atoms with Crippen LogP contribution in [0.2, 0.25) is 0 Å². The Kier molecular flexibility index (Phi) is 3.27. The van der Waals surface area contributed by atoms with Gasteiger partial charge >= 0.3 is 0 Å².